The summed E-state index contributed by atoms with van der Waals surface area (Å²) in [6.07, 6.45) is 5.19. The van der Waals surface area contributed by atoms with Gasteiger partial charge in [0.15, 0.2) is 0 Å². The molecular formula is C14H30N2. The van der Waals surface area contributed by atoms with Gasteiger partial charge in [0.25, 0.3) is 0 Å². The van der Waals surface area contributed by atoms with Crippen LogP contribution in [0.3, 0.4) is 0 Å². The average molecular weight is 226 g/mol. The quantitative estimate of drug-likeness (QED) is 0.798. The lowest BCUT2D eigenvalue weighted by Crippen LogP contribution is -2.48. The molecule has 2 nitrogen and oxygen atoms in total. The lowest BCUT2D eigenvalue weighted by Gasteiger charge is -2.38. The number of likely N-dealkylation sites (tertiary alicyclic amines) is 1. The molecule has 0 aliphatic carbocycles. The molecule has 1 aliphatic rings. The molecule has 0 radical (unpaired) electrons. The van der Waals surface area contributed by atoms with Crippen molar-refractivity contribution in [2.24, 2.45) is 11.1 Å². The van der Waals surface area contributed by atoms with Gasteiger partial charge in [-0.25, -0.2) is 0 Å². The minimum absolute atomic E-state index is 0.380. The van der Waals surface area contributed by atoms with Crippen LogP contribution in [-0.4, -0.2) is 29.6 Å². The Morgan fingerprint density at radius 2 is 1.94 bits per heavy atom. The van der Waals surface area contributed by atoms with E-state index in [0.717, 1.165) is 18.6 Å². The van der Waals surface area contributed by atoms with E-state index < -0.39 is 0 Å². The minimum atomic E-state index is 0.380. The zero-order valence-electron chi connectivity index (χ0n) is 11.8. The summed E-state index contributed by atoms with van der Waals surface area (Å²) in [6, 6.07) is 2.06. The van der Waals surface area contributed by atoms with Crippen LogP contribution in [0.4, 0.5) is 0 Å². The van der Waals surface area contributed by atoms with Crippen LogP contribution in [0.15, 0.2) is 0 Å². The molecule has 3 atom stereocenters. The van der Waals surface area contributed by atoms with Gasteiger partial charge in [-0.1, -0.05) is 27.7 Å². The zero-order chi connectivity index (χ0) is 12.3. The van der Waals surface area contributed by atoms with E-state index >= 15 is 0 Å². The third kappa shape index (κ3) is 3.46. The maximum Gasteiger partial charge on any atom is 0.0229 e. The number of hydrogen-bond acceptors (Lipinski definition) is 2. The molecule has 0 aromatic heterocycles. The van der Waals surface area contributed by atoms with E-state index in [-0.39, 0.29) is 0 Å². The summed E-state index contributed by atoms with van der Waals surface area (Å²) in [5, 5.41) is 0. The molecule has 1 saturated heterocycles. The van der Waals surface area contributed by atoms with E-state index in [0.29, 0.717) is 11.5 Å². The molecule has 0 aromatic rings. The SMILES string of the molecule is CCC1CCC(C)N1C(CN)CC(C)(C)C. The van der Waals surface area contributed by atoms with Crippen molar-refractivity contribution in [1.29, 1.82) is 0 Å². The Balaban J connectivity index is 2.70. The van der Waals surface area contributed by atoms with Crippen LogP contribution in [0, 0.1) is 5.41 Å². The van der Waals surface area contributed by atoms with E-state index in [1.165, 1.54) is 25.7 Å². The maximum atomic E-state index is 6.00. The second-order valence-corrected chi connectivity index (χ2v) is 6.59. The third-order valence-electron chi connectivity index (χ3n) is 3.86. The van der Waals surface area contributed by atoms with Gasteiger partial charge in [-0.3, -0.25) is 4.90 Å². The fourth-order valence-electron chi connectivity index (χ4n) is 3.18. The highest BCUT2D eigenvalue weighted by Crippen LogP contribution is 2.32. The van der Waals surface area contributed by atoms with Gasteiger partial charge >= 0.3 is 0 Å². The molecule has 0 spiro atoms. The summed E-state index contributed by atoms with van der Waals surface area (Å²) in [7, 11) is 0. The highest BCUT2D eigenvalue weighted by molar-refractivity contribution is 4.91. The molecule has 0 amide bonds. The Morgan fingerprint density at radius 1 is 1.31 bits per heavy atom. The van der Waals surface area contributed by atoms with Crippen molar-refractivity contribution in [3.05, 3.63) is 0 Å². The summed E-state index contributed by atoms with van der Waals surface area (Å²) in [5.74, 6) is 0. The number of nitrogens with two attached hydrogens (primary N) is 1. The van der Waals surface area contributed by atoms with E-state index in [1.807, 2.05) is 0 Å². The normalized spacial score (nSPS) is 29.6. The Hall–Kier alpha value is -0.0800. The minimum Gasteiger partial charge on any atom is -0.329 e. The second kappa shape index (κ2) is 5.50. The van der Waals surface area contributed by atoms with Gasteiger partial charge in [-0.15, -0.1) is 0 Å². The summed E-state index contributed by atoms with van der Waals surface area (Å²) in [5.41, 5.74) is 6.38. The molecule has 3 unspecified atom stereocenters. The van der Waals surface area contributed by atoms with Gasteiger partial charge in [-0.2, -0.15) is 0 Å². The van der Waals surface area contributed by atoms with Crippen molar-refractivity contribution < 1.29 is 0 Å². The first-order valence-corrected chi connectivity index (χ1v) is 6.86. The highest BCUT2D eigenvalue weighted by atomic mass is 15.2. The van der Waals surface area contributed by atoms with Crippen molar-refractivity contribution in [3.8, 4) is 0 Å². The predicted octanol–water partition coefficient (Wildman–Crippen LogP) is 3.01. The van der Waals surface area contributed by atoms with Crippen LogP contribution >= 0.6 is 0 Å². The predicted molar refractivity (Wildman–Crippen MR) is 71.5 cm³/mol. The van der Waals surface area contributed by atoms with Gasteiger partial charge in [-0.05, 0) is 38.0 Å². The van der Waals surface area contributed by atoms with Gasteiger partial charge in [0, 0.05) is 24.7 Å². The molecule has 2 heteroatoms. The molecule has 16 heavy (non-hydrogen) atoms. The van der Waals surface area contributed by atoms with Crippen LogP contribution in [0.1, 0.15) is 60.3 Å². The fourth-order valence-corrected chi connectivity index (χ4v) is 3.18. The Bertz CT molecular complexity index is 207. The van der Waals surface area contributed by atoms with Gasteiger partial charge in [0.05, 0.1) is 0 Å². The monoisotopic (exact) mass is 226 g/mol. The maximum absolute atomic E-state index is 6.00. The first kappa shape index (κ1) is 14.0. The van der Waals surface area contributed by atoms with Crippen LogP contribution in [0.5, 0.6) is 0 Å². The molecule has 1 rings (SSSR count). The molecular weight excluding hydrogens is 196 g/mol. The second-order valence-electron chi connectivity index (χ2n) is 6.59. The Morgan fingerprint density at radius 3 is 2.38 bits per heavy atom. The van der Waals surface area contributed by atoms with Crippen LogP contribution in [0.2, 0.25) is 0 Å². The highest BCUT2D eigenvalue weighted by Gasteiger charge is 2.35. The van der Waals surface area contributed by atoms with Crippen LogP contribution < -0.4 is 5.73 Å². The molecule has 96 valence electrons. The van der Waals surface area contributed by atoms with Crippen molar-refractivity contribution in [3.63, 3.8) is 0 Å². The van der Waals surface area contributed by atoms with E-state index in [4.69, 9.17) is 5.73 Å². The lowest BCUT2D eigenvalue weighted by molar-refractivity contribution is 0.104. The average Bonchev–Trinajstić information content (AvgIpc) is 2.54. The van der Waals surface area contributed by atoms with Crippen LogP contribution in [-0.2, 0) is 0 Å². The smallest absolute Gasteiger partial charge is 0.0229 e. The van der Waals surface area contributed by atoms with Crippen LogP contribution in [0.25, 0.3) is 0 Å². The molecule has 0 aromatic carbocycles. The summed E-state index contributed by atoms with van der Waals surface area (Å²) in [4.78, 5) is 2.70. The summed E-state index contributed by atoms with van der Waals surface area (Å²) >= 11 is 0. The Labute approximate surface area is 102 Å². The van der Waals surface area contributed by atoms with Gasteiger partial charge in [0.1, 0.15) is 0 Å². The lowest BCUT2D eigenvalue weighted by atomic mass is 9.87. The van der Waals surface area contributed by atoms with E-state index in [1.54, 1.807) is 0 Å². The number of nitrogens with zero attached hydrogens (tertiary/aromatic N) is 1. The summed E-state index contributed by atoms with van der Waals surface area (Å²) in [6.45, 7) is 12.4. The third-order valence-corrected chi connectivity index (χ3v) is 3.86. The fraction of sp³-hybridized carbons (Fsp3) is 1.00. The van der Waals surface area contributed by atoms with Crippen molar-refractivity contribution in [2.75, 3.05) is 6.54 Å². The van der Waals surface area contributed by atoms with E-state index in [2.05, 4.69) is 39.5 Å². The molecule has 1 fully saturated rings. The molecule has 1 aliphatic heterocycles. The van der Waals surface area contributed by atoms with Gasteiger partial charge < -0.3 is 5.73 Å². The van der Waals surface area contributed by atoms with Crippen molar-refractivity contribution in [2.45, 2.75) is 78.4 Å². The topological polar surface area (TPSA) is 29.3 Å². The molecule has 2 N–H and O–H groups in total. The molecule has 1 heterocycles. The zero-order valence-corrected chi connectivity index (χ0v) is 11.8. The number of hydrogen-bond donors (Lipinski definition) is 1. The first-order chi connectivity index (χ1) is 7.39. The largest absolute Gasteiger partial charge is 0.329 e. The van der Waals surface area contributed by atoms with Crippen molar-refractivity contribution in [1.82, 2.24) is 4.90 Å². The standard InChI is InChI=1S/C14H30N2/c1-6-12-8-7-11(2)16(12)13(10-15)9-14(3,4)5/h11-13H,6-10,15H2,1-5H3. The molecule has 0 saturated carbocycles. The number of rotatable bonds is 4. The van der Waals surface area contributed by atoms with Gasteiger partial charge in [0.2, 0.25) is 0 Å². The summed E-state index contributed by atoms with van der Waals surface area (Å²) < 4.78 is 0. The van der Waals surface area contributed by atoms with Crippen molar-refractivity contribution >= 4 is 0 Å². The van der Waals surface area contributed by atoms with E-state index in [9.17, 15) is 0 Å². The Kier molecular flexibility index (Phi) is 4.81. The first-order valence-electron chi connectivity index (χ1n) is 6.86. The molecule has 0 bridgehead atoms.